The highest BCUT2D eigenvalue weighted by molar-refractivity contribution is 6.30. The van der Waals surface area contributed by atoms with E-state index in [2.05, 4.69) is 15.3 Å². The fraction of sp³-hybridized carbons (Fsp3) is 0.273. The molecule has 150 valence electrons. The number of carbonyl (C=O) groups is 1. The molecule has 4 rings (SSSR count). The summed E-state index contributed by atoms with van der Waals surface area (Å²) in [5.41, 5.74) is 2.99. The maximum atomic E-state index is 13.0. The molecular formula is C22H23ClN4O2. The molecule has 6 nitrogen and oxygen atoms in total. The fourth-order valence-corrected chi connectivity index (χ4v) is 3.44. The van der Waals surface area contributed by atoms with Crippen molar-refractivity contribution in [1.82, 2.24) is 20.0 Å². The highest BCUT2D eigenvalue weighted by Gasteiger charge is 2.18. The molecule has 0 unspecified atom stereocenters. The number of ether oxygens (including phenoxy) is 1. The molecule has 1 aliphatic heterocycles. The minimum atomic E-state index is -0.150. The number of nitrogens with one attached hydrogen (secondary N) is 1. The Balaban J connectivity index is 1.55. The Morgan fingerprint density at radius 3 is 2.52 bits per heavy atom. The van der Waals surface area contributed by atoms with Gasteiger partial charge in [0.25, 0.3) is 5.91 Å². The van der Waals surface area contributed by atoms with Crippen LogP contribution in [0.25, 0.3) is 16.9 Å². The minimum absolute atomic E-state index is 0.150. The van der Waals surface area contributed by atoms with Crippen LogP contribution in [0.15, 0.2) is 60.7 Å². The number of rotatable bonds is 6. The van der Waals surface area contributed by atoms with E-state index < -0.39 is 0 Å². The van der Waals surface area contributed by atoms with Gasteiger partial charge in [0.15, 0.2) is 0 Å². The van der Waals surface area contributed by atoms with Gasteiger partial charge in [-0.25, -0.2) is 4.68 Å². The second kappa shape index (κ2) is 9.22. The van der Waals surface area contributed by atoms with E-state index in [9.17, 15) is 4.79 Å². The van der Waals surface area contributed by atoms with Gasteiger partial charge in [0.2, 0.25) is 0 Å². The number of halogens is 1. The minimum Gasteiger partial charge on any atom is -0.379 e. The van der Waals surface area contributed by atoms with Crippen LogP contribution in [0.2, 0.25) is 5.02 Å². The van der Waals surface area contributed by atoms with Gasteiger partial charge >= 0.3 is 0 Å². The molecule has 0 saturated carbocycles. The van der Waals surface area contributed by atoms with Crippen molar-refractivity contribution in [2.45, 2.75) is 0 Å². The van der Waals surface area contributed by atoms with Crippen LogP contribution in [0, 0.1) is 0 Å². The van der Waals surface area contributed by atoms with Gasteiger partial charge in [0.05, 0.1) is 24.6 Å². The molecule has 1 fully saturated rings. The van der Waals surface area contributed by atoms with E-state index in [1.807, 2.05) is 48.5 Å². The number of amides is 1. The number of morpholine rings is 1. The van der Waals surface area contributed by atoms with Gasteiger partial charge in [0, 0.05) is 36.8 Å². The predicted molar refractivity (Wildman–Crippen MR) is 114 cm³/mol. The lowest BCUT2D eigenvalue weighted by Crippen LogP contribution is -2.41. The third kappa shape index (κ3) is 4.85. The van der Waals surface area contributed by atoms with E-state index in [0.29, 0.717) is 17.3 Å². The number of hydrogen-bond acceptors (Lipinski definition) is 4. The largest absolute Gasteiger partial charge is 0.379 e. The monoisotopic (exact) mass is 410 g/mol. The normalized spacial score (nSPS) is 14.7. The molecule has 0 aliphatic carbocycles. The first kappa shape index (κ1) is 19.6. The van der Waals surface area contributed by atoms with Gasteiger partial charge in [-0.1, -0.05) is 41.9 Å². The Morgan fingerprint density at radius 1 is 1.07 bits per heavy atom. The molecule has 1 aliphatic rings. The third-order valence-corrected chi connectivity index (χ3v) is 5.15. The third-order valence-electron chi connectivity index (χ3n) is 4.90. The summed E-state index contributed by atoms with van der Waals surface area (Å²) in [5.74, 6) is -0.150. The smallest absolute Gasteiger partial charge is 0.270 e. The van der Waals surface area contributed by atoms with Gasteiger partial charge in [-0.3, -0.25) is 9.69 Å². The van der Waals surface area contributed by atoms with Crippen LogP contribution in [-0.2, 0) is 4.74 Å². The Labute approximate surface area is 175 Å². The standard InChI is InChI=1S/C22H23ClN4O2/c23-18-6-8-19(9-7-18)27-21(16-20(25-27)17-4-2-1-3-5-17)22(28)24-10-11-26-12-14-29-15-13-26/h1-9,16H,10-15H2,(H,24,28). The van der Waals surface area contributed by atoms with Gasteiger partial charge in [-0.05, 0) is 30.3 Å². The second-order valence-corrected chi connectivity index (χ2v) is 7.32. The number of nitrogens with zero attached hydrogens (tertiary/aromatic N) is 3. The molecule has 1 aromatic heterocycles. The summed E-state index contributed by atoms with van der Waals surface area (Å²) in [6.07, 6.45) is 0. The summed E-state index contributed by atoms with van der Waals surface area (Å²) in [6, 6.07) is 19.0. The van der Waals surface area contributed by atoms with Crippen molar-refractivity contribution in [3.05, 3.63) is 71.4 Å². The second-order valence-electron chi connectivity index (χ2n) is 6.88. The number of carbonyl (C=O) groups excluding carboxylic acids is 1. The van der Waals surface area contributed by atoms with Crippen molar-refractivity contribution in [3.8, 4) is 16.9 Å². The highest BCUT2D eigenvalue weighted by atomic mass is 35.5. The highest BCUT2D eigenvalue weighted by Crippen LogP contribution is 2.22. The summed E-state index contributed by atoms with van der Waals surface area (Å²) in [6.45, 7) is 4.67. The quantitative estimate of drug-likeness (QED) is 0.677. The molecule has 3 aromatic rings. The molecule has 2 aromatic carbocycles. The summed E-state index contributed by atoms with van der Waals surface area (Å²) in [5, 5.41) is 8.35. The van der Waals surface area contributed by atoms with Crippen molar-refractivity contribution in [2.75, 3.05) is 39.4 Å². The number of aromatic nitrogens is 2. The Morgan fingerprint density at radius 2 is 1.79 bits per heavy atom. The van der Waals surface area contributed by atoms with Gasteiger partial charge in [-0.2, -0.15) is 5.10 Å². The Bertz CT molecular complexity index is 951. The van der Waals surface area contributed by atoms with Crippen molar-refractivity contribution in [3.63, 3.8) is 0 Å². The molecule has 1 amide bonds. The van der Waals surface area contributed by atoms with Gasteiger partial charge < -0.3 is 10.1 Å². The van der Waals surface area contributed by atoms with Crippen LogP contribution in [0.4, 0.5) is 0 Å². The molecule has 29 heavy (non-hydrogen) atoms. The first-order valence-electron chi connectivity index (χ1n) is 9.70. The lowest BCUT2D eigenvalue weighted by Gasteiger charge is -2.26. The van der Waals surface area contributed by atoms with Crippen molar-refractivity contribution >= 4 is 17.5 Å². The van der Waals surface area contributed by atoms with E-state index in [0.717, 1.165) is 49.8 Å². The summed E-state index contributed by atoms with van der Waals surface area (Å²) < 4.78 is 7.03. The Kier molecular flexibility index (Phi) is 6.24. The van der Waals surface area contributed by atoms with Crippen molar-refractivity contribution < 1.29 is 9.53 Å². The first-order valence-corrected chi connectivity index (χ1v) is 10.1. The lowest BCUT2D eigenvalue weighted by molar-refractivity contribution is 0.0383. The maximum Gasteiger partial charge on any atom is 0.270 e. The molecule has 2 heterocycles. The molecule has 7 heteroatoms. The van der Waals surface area contributed by atoms with E-state index in [-0.39, 0.29) is 5.91 Å². The maximum absolute atomic E-state index is 13.0. The van der Waals surface area contributed by atoms with E-state index in [1.165, 1.54) is 0 Å². The molecule has 1 saturated heterocycles. The summed E-state index contributed by atoms with van der Waals surface area (Å²) in [4.78, 5) is 15.2. The van der Waals surface area contributed by atoms with Crippen LogP contribution < -0.4 is 5.32 Å². The first-order chi connectivity index (χ1) is 14.2. The van der Waals surface area contributed by atoms with Crippen LogP contribution in [0.3, 0.4) is 0 Å². The van der Waals surface area contributed by atoms with Crippen molar-refractivity contribution in [1.29, 1.82) is 0 Å². The molecule has 0 atom stereocenters. The zero-order valence-electron chi connectivity index (χ0n) is 16.1. The summed E-state index contributed by atoms with van der Waals surface area (Å²) in [7, 11) is 0. The van der Waals surface area contributed by atoms with Gasteiger partial charge in [0.1, 0.15) is 5.69 Å². The summed E-state index contributed by atoms with van der Waals surface area (Å²) >= 11 is 6.02. The average molecular weight is 411 g/mol. The van der Waals surface area contributed by atoms with Crippen LogP contribution in [-0.4, -0.2) is 60.0 Å². The van der Waals surface area contributed by atoms with Gasteiger partial charge in [-0.15, -0.1) is 0 Å². The van der Waals surface area contributed by atoms with E-state index in [4.69, 9.17) is 16.3 Å². The zero-order valence-corrected chi connectivity index (χ0v) is 16.8. The fourth-order valence-electron chi connectivity index (χ4n) is 3.31. The Hall–Kier alpha value is -2.67. The molecule has 0 spiro atoms. The van der Waals surface area contributed by atoms with E-state index >= 15 is 0 Å². The zero-order chi connectivity index (χ0) is 20.1. The average Bonchev–Trinajstić information content (AvgIpc) is 3.21. The lowest BCUT2D eigenvalue weighted by atomic mass is 10.1. The number of hydrogen-bond donors (Lipinski definition) is 1. The van der Waals surface area contributed by atoms with Crippen molar-refractivity contribution in [2.24, 2.45) is 0 Å². The van der Waals surface area contributed by atoms with E-state index in [1.54, 1.807) is 16.8 Å². The molecule has 1 N–H and O–H groups in total. The topological polar surface area (TPSA) is 59.4 Å². The molecule has 0 radical (unpaired) electrons. The molecule has 0 bridgehead atoms. The SMILES string of the molecule is O=C(NCCN1CCOCC1)c1cc(-c2ccccc2)nn1-c1ccc(Cl)cc1. The van der Waals surface area contributed by atoms with Crippen LogP contribution in [0.5, 0.6) is 0 Å². The molecular weight excluding hydrogens is 388 g/mol. The van der Waals surface area contributed by atoms with Crippen LogP contribution >= 0.6 is 11.6 Å². The number of benzene rings is 2. The van der Waals surface area contributed by atoms with Crippen LogP contribution in [0.1, 0.15) is 10.5 Å². The predicted octanol–water partition coefficient (Wildman–Crippen LogP) is 3.25.